The summed E-state index contributed by atoms with van der Waals surface area (Å²) in [4.78, 5) is 0. The molecular weight excluding hydrogens is 300 g/mol. The Morgan fingerprint density at radius 3 is 0.857 bits per heavy atom. The summed E-state index contributed by atoms with van der Waals surface area (Å²) in [6, 6.07) is 0. The molecule has 0 aromatic heterocycles. The lowest BCUT2D eigenvalue weighted by molar-refractivity contribution is 0.0925. The van der Waals surface area contributed by atoms with Gasteiger partial charge < -0.3 is 17.7 Å². The number of hydrogen-bond donors (Lipinski definition) is 0. The molecule has 0 radical (unpaired) electrons. The first-order valence-electron chi connectivity index (χ1n) is 8.09. The van der Waals surface area contributed by atoms with Crippen LogP contribution in [-0.2, 0) is 17.7 Å². The molecule has 0 fully saturated rings. The van der Waals surface area contributed by atoms with Gasteiger partial charge in [-0.05, 0) is 68.5 Å². The topological polar surface area (TPSA) is 36.9 Å². The molecular formula is C15H36O4Si2. The van der Waals surface area contributed by atoms with Crippen LogP contribution in [-0.4, -0.2) is 41.5 Å². The molecule has 0 aliphatic heterocycles. The maximum Gasteiger partial charge on any atom is 0.337 e. The summed E-state index contributed by atoms with van der Waals surface area (Å²) in [5, 5.41) is 0. The highest BCUT2D eigenvalue weighted by molar-refractivity contribution is 6.85. The van der Waals surface area contributed by atoms with E-state index in [4.69, 9.17) is 17.7 Å². The lowest BCUT2D eigenvalue weighted by atomic mass is 10.5. The van der Waals surface area contributed by atoms with Gasteiger partial charge in [-0.15, -0.1) is 0 Å². The zero-order valence-electron chi connectivity index (χ0n) is 15.6. The highest BCUT2D eigenvalue weighted by Gasteiger charge is 2.47. The molecule has 4 nitrogen and oxygen atoms in total. The van der Waals surface area contributed by atoms with Gasteiger partial charge in [-0.25, -0.2) is 0 Å². The number of rotatable bonds is 10. The van der Waals surface area contributed by atoms with Gasteiger partial charge in [-0.2, -0.15) is 0 Å². The molecule has 6 heteroatoms. The van der Waals surface area contributed by atoms with Crippen molar-refractivity contribution in [3.63, 3.8) is 0 Å². The van der Waals surface area contributed by atoms with Crippen molar-refractivity contribution in [2.24, 2.45) is 0 Å². The van der Waals surface area contributed by atoms with Crippen LogP contribution >= 0.6 is 0 Å². The zero-order chi connectivity index (χ0) is 16.8. The summed E-state index contributed by atoms with van der Waals surface area (Å²) in [6.45, 7) is 20.7. The van der Waals surface area contributed by atoms with Crippen molar-refractivity contribution in [2.75, 3.05) is 0 Å². The molecule has 0 spiro atoms. The first kappa shape index (κ1) is 21.3. The van der Waals surface area contributed by atoms with Crippen LogP contribution in [0.15, 0.2) is 0 Å². The Kier molecular flexibility index (Phi) is 8.90. The molecule has 0 aromatic carbocycles. The molecule has 0 rings (SSSR count). The number of hydrogen-bond acceptors (Lipinski definition) is 4. The fourth-order valence-corrected chi connectivity index (χ4v) is 12.9. The standard InChI is InChI=1S/C15H36O4Si2/c1-12(2)16-20(9,17-13(3)4)11-21(10,18-14(5)6)19-15(7)8/h12-15H,11H2,1-10H3. The van der Waals surface area contributed by atoms with Crippen LogP contribution in [0.3, 0.4) is 0 Å². The van der Waals surface area contributed by atoms with Crippen molar-refractivity contribution in [1.29, 1.82) is 0 Å². The predicted molar refractivity (Wildman–Crippen MR) is 92.9 cm³/mol. The fourth-order valence-electron chi connectivity index (χ4n) is 2.80. The van der Waals surface area contributed by atoms with Gasteiger partial charge in [0, 0.05) is 30.1 Å². The van der Waals surface area contributed by atoms with Gasteiger partial charge in [0.25, 0.3) is 0 Å². The fraction of sp³-hybridized carbons (Fsp3) is 1.00. The third-order valence-electron chi connectivity index (χ3n) is 2.58. The largest absolute Gasteiger partial charge is 0.392 e. The monoisotopic (exact) mass is 336 g/mol. The molecule has 0 saturated carbocycles. The molecule has 0 aliphatic rings. The minimum atomic E-state index is -2.33. The van der Waals surface area contributed by atoms with E-state index in [0.717, 1.165) is 5.67 Å². The molecule has 0 aliphatic carbocycles. The minimum Gasteiger partial charge on any atom is -0.392 e. The molecule has 128 valence electrons. The average Bonchev–Trinajstić information content (AvgIpc) is 2.07. The Labute approximate surface area is 134 Å². The lowest BCUT2D eigenvalue weighted by Crippen LogP contribution is -2.54. The zero-order valence-corrected chi connectivity index (χ0v) is 17.6. The molecule has 0 heterocycles. The van der Waals surface area contributed by atoms with Crippen LogP contribution in [0.5, 0.6) is 0 Å². The maximum atomic E-state index is 6.20. The summed E-state index contributed by atoms with van der Waals surface area (Å²) in [7, 11) is -4.67. The van der Waals surface area contributed by atoms with E-state index in [1.807, 2.05) is 0 Å². The van der Waals surface area contributed by atoms with E-state index in [1.165, 1.54) is 0 Å². The van der Waals surface area contributed by atoms with Crippen LogP contribution in [0.4, 0.5) is 0 Å². The van der Waals surface area contributed by atoms with Crippen molar-refractivity contribution >= 4 is 17.1 Å². The van der Waals surface area contributed by atoms with Crippen LogP contribution in [0.2, 0.25) is 18.8 Å². The van der Waals surface area contributed by atoms with Crippen LogP contribution < -0.4 is 0 Å². The molecule has 0 atom stereocenters. The van der Waals surface area contributed by atoms with Gasteiger partial charge in [-0.1, -0.05) is 0 Å². The normalized spacial score (nSPS) is 14.0. The molecule has 0 aromatic rings. The van der Waals surface area contributed by atoms with Crippen molar-refractivity contribution in [3.8, 4) is 0 Å². The summed E-state index contributed by atoms with van der Waals surface area (Å²) < 4.78 is 24.8. The second kappa shape index (κ2) is 8.79. The van der Waals surface area contributed by atoms with Crippen molar-refractivity contribution < 1.29 is 17.7 Å². The van der Waals surface area contributed by atoms with E-state index in [1.54, 1.807) is 0 Å². The highest BCUT2D eigenvalue weighted by atomic mass is 28.4. The van der Waals surface area contributed by atoms with Gasteiger partial charge in [0.05, 0.1) is 0 Å². The lowest BCUT2D eigenvalue weighted by Gasteiger charge is -2.38. The van der Waals surface area contributed by atoms with Gasteiger partial charge in [0.2, 0.25) is 0 Å². The van der Waals surface area contributed by atoms with E-state index >= 15 is 0 Å². The van der Waals surface area contributed by atoms with Gasteiger partial charge in [-0.3, -0.25) is 0 Å². The van der Waals surface area contributed by atoms with Crippen molar-refractivity contribution in [2.45, 2.75) is 98.6 Å². The van der Waals surface area contributed by atoms with E-state index in [9.17, 15) is 0 Å². The third-order valence-corrected chi connectivity index (χ3v) is 11.6. The van der Waals surface area contributed by atoms with Crippen LogP contribution in [0.25, 0.3) is 0 Å². The summed E-state index contributed by atoms with van der Waals surface area (Å²) in [5.74, 6) is 0. The summed E-state index contributed by atoms with van der Waals surface area (Å²) >= 11 is 0. The van der Waals surface area contributed by atoms with Gasteiger partial charge >= 0.3 is 17.1 Å². The molecule has 0 amide bonds. The minimum absolute atomic E-state index is 0.150. The van der Waals surface area contributed by atoms with E-state index in [0.29, 0.717) is 0 Å². The summed E-state index contributed by atoms with van der Waals surface area (Å²) in [6.07, 6.45) is 0.599. The molecule has 0 saturated heterocycles. The van der Waals surface area contributed by atoms with E-state index in [2.05, 4.69) is 68.5 Å². The predicted octanol–water partition coefficient (Wildman–Crippen LogP) is 4.37. The Morgan fingerprint density at radius 2 is 0.714 bits per heavy atom. The second-order valence-electron chi connectivity index (χ2n) is 7.11. The van der Waals surface area contributed by atoms with Crippen LogP contribution in [0, 0.1) is 0 Å². The Balaban J connectivity index is 5.18. The highest BCUT2D eigenvalue weighted by Crippen LogP contribution is 2.28. The Bertz CT molecular complexity index is 245. The van der Waals surface area contributed by atoms with Gasteiger partial charge in [0.15, 0.2) is 0 Å². The van der Waals surface area contributed by atoms with Crippen molar-refractivity contribution in [3.05, 3.63) is 0 Å². The molecule has 0 N–H and O–H groups in total. The molecule has 0 bridgehead atoms. The van der Waals surface area contributed by atoms with E-state index < -0.39 is 17.1 Å². The Morgan fingerprint density at radius 1 is 0.524 bits per heavy atom. The van der Waals surface area contributed by atoms with Crippen molar-refractivity contribution in [1.82, 2.24) is 0 Å². The molecule has 21 heavy (non-hydrogen) atoms. The van der Waals surface area contributed by atoms with E-state index in [-0.39, 0.29) is 24.4 Å². The average molecular weight is 337 g/mol. The second-order valence-corrected chi connectivity index (χ2v) is 14.0. The maximum absolute atomic E-state index is 6.20. The Hall–Kier alpha value is 0.274. The van der Waals surface area contributed by atoms with Crippen LogP contribution in [0.1, 0.15) is 55.4 Å². The quantitative estimate of drug-likeness (QED) is 0.555. The first-order valence-corrected chi connectivity index (χ1v) is 13.1. The molecule has 0 unspecified atom stereocenters. The van der Waals surface area contributed by atoms with Gasteiger partial charge in [0.1, 0.15) is 0 Å². The SMILES string of the molecule is CC(C)O[Si](C)(C[Si](C)(OC(C)C)OC(C)C)OC(C)C. The smallest absolute Gasteiger partial charge is 0.337 e. The summed E-state index contributed by atoms with van der Waals surface area (Å²) in [5.41, 5.74) is 0.784. The first-order chi connectivity index (χ1) is 9.37. The third kappa shape index (κ3) is 9.81.